The summed E-state index contributed by atoms with van der Waals surface area (Å²) in [5.74, 6) is -2.33. The van der Waals surface area contributed by atoms with E-state index in [4.69, 9.17) is 0 Å². The topological polar surface area (TPSA) is 26.3 Å². The number of ketones is 1. The molecule has 0 atom stereocenters. The van der Waals surface area contributed by atoms with Gasteiger partial charge in [0.05, 0.1) is 11.1 Å². The lowest BCUT2D eigenvalue weighted by atomic mass is 9.99. The number of carbonyl (C=O) groups is 1. The number of benzene rings is 1. The average molecular weight is 304 g/mol. The average Bonchev–Trinajstić information content (AvgIpc) is 2.25. The second kappa shape index (κ2) is 5.68. The molecule has 0 N–H and O–H groups in total. The summed E-state index contributed by atoms with van der Waals surface area (Å²) >= 11 is 0. The predicted octanol–water partition coefficient (Wildman–Crippen LogP) is 4.45. The van der Waals surface area contributed by atoms with Crippen LogP contribution in [0, 0.1) is 0 Å². The van der Waals surface area contributed by atoms with Crippen LogP contribution in [-0.2, 0) is 6.18 Å². The van der Waals surface area contributed by atoms with Gasteiger partial charge in [0.15, 0.2) is 5.78 Å². The lowest BCUT2D eigenvalue weighted by molar-refractivity contribution is -0.138. The fourth-order valence-electron chi connectivity index (χ4n) is 1.54. The molecule has 2 nitrogen and oxygen atoms in total. The smallest absolute Gasteiger partial charge is 0.416 e. The Hall–Kier alpha value is -1.80. The van der Waals surface area contributed by atoms with E-state index in [2.05, 4.69) is 4.74 Å². The normalized spacial score (nSPS) is 12.1. The fourth-order valence-corrected chi connectivity index (χ4v) is 1.54. The maximum atomic E-state index is 12.7. The molecule has 1 aromatic rings. The lowest BCUT2D eigenvalue weighted by Gasteiger charge is -2.16. The molecule has 0 saturated heterocycles. The Bertz CT molecular complexity index is 508. The van der Waals surface area contributed by atoms with Crippen molar-refractivity contribution in [3.05, 3.63) is 28.8 Å². The Morgan fingerprint density at radius 1 is 1.15 bits per heavy atom. The molecular weight excluding hydrogens is 297 g/mol. The minimum absolute atomic E-state index is 0.0414. The van der Waals surface area contributed by atoms with E-state index in [0.717, 1.165) is 6.92 Å². The van der Waals surface area contributed by atoms with Crippen LogP contribution in [-0.4, -0.2) is 12.4 Å². The summed E-state index contributed by atoms with van der Waals surface area (Å²) in [4.78, 5) is 11.2. The standard InChI is InChI=1S/C11H7F7O2/c1-4(19)8-6(9(12)13)2-5(11(16,17)18)3-7(8)20-10(14)15/h2-3,9-10H,1H3. The van der Waals surface area contributed by atoms with Crippen molar-refractivity contribution in [2.24, 2.45) is 0 Å². The predicted molar refractivity (Wildman–Crippen MR) is 53.0 cm³/mol. The number of halogens is 7. The monoisotopic (exact) mass is 304 g/mol. The van der Waals surface area contributed by atoms with E-state index in [1.165, 1.54) is 0 Å². The van der Waals surface area contributed by atoms with Gasteiger partial charge in [0, 0.05) is 5.56 Å². The molecule has 1 rings (SSSR count). The van der Waals surface area contributed by atoms with Gasteiger partial charge in [0.1, 0.15) is 5.75 Å². The molecule has 0 unspecified atom stereocenters. The molecule has 20 heavy (non-hydrogen) atoms. The summed E-state index contributed by atoms with van der Waals surface area (Å²) in [6, 6.07) is 0.133. The summed E-state index contributed by atoms with van der Waals surface area (Å²) in [6.45, 7) is -2.80. The second-order valence-corrected chi connectivity index (χ2v) is 3.67. The van der Waals surface area contributed by atoms with E-state index in [-0.39, 0.29) is 12.1 Å². The van der Waals surface area contributed by atoms with Gasteiger partial charge >= 0.3 is 12.8 Å². The van der Waals surface area contributed by atoms with Crippen LogP contribution in [0.1, 0.15) is 34.8 Å². The highest BCUT2D eigenvalue weighted by molar-refractivity contribution is 5.98. The Morgan fingerprint density at radius 2 is 1.70 bits per heavy atom. The Morgan fingerprint density at radius 3 is 2.05 bits per heavy atom. The summed E-state index contributed by atoms with van der Waals surface area (Å²) in [7, 11) is 0. The third-order valence-corrected chi connectivity index (χ3v) is 2.26. The molecule has 0 radical (unpaired) electrons. The molecule has 0 fully saturated rings. The van der Waals surface area contributed by atoms with E-state index >= 15 is 0 Å². The second-order valence-electron chi connectivity index (χ2n) is 3.67. The summed E-state index contributed by atoms with van der Waals surface area (Å²) in [5, 5.41) is 0. The molecule has 0 aromatic heterocycles. The van der Waals surface area contributed by atoms with Gasteiger partial charge in [0.25, 0.3) is 6.43 Å². The van der Waals surface area contributed by atoms with Crippen LogP contribution in [0.5, 0.6) is 5.75 Å². The van der Waals surface area contributed by atoms with Gasteiger partial charge in [0.2, 0.25) is 0 Å². The van der Waals surface area contributed by atoms with Crippen molar-refractivity contribution in [1.82, 2.24) is 0 Å². The quantitative estimate of drug-likeness (QED) is 0.607. The van der Waals surface area contributed by atoms with Gasteiger partial charge in [-0.15, -0.1) is 0 Å². The van der Waals surface area contributed by atoms with Crippen molar-refractivity contribution < 1.29 is 40.3 Å². The van der Waals surface area contributed by atoms with Crippen molar-refractivity contribution in [1.29, 1.82) is 0 Å². The molecule has 0 aliphatic carbocycles. The first kappa shape index (κ1) is 16.3. The van der Waals surface area contributed by atoms with E-state index in [0.29, 0.717) is 0 Å². The zero-order chi connectivity index (χ0) is 15.7. The van der Waals surface area contributed by atoms with Crippen molar-refractivity contribution in [3.63, 3.8) is 0 Å². The van der Waals surface area contributed by atoms with Crippen LogP contribution in [0.25, 0.3) is 0 Å². The van der Waals surface area contributed by atoms with Crippen LogP contribution in [0.15, 0.2) is 12.1 Å². The molecule has 0 bridgehead atoms. The first-order valence-corrected chi connectivity index (χ1v) is 5.03. The van der Waals surface area contributed by atoms with Gasteiger partial charge in [-0.3, -0.25) is 4.79 Å². The van der Waals surface area contributed by atoms with E-state index in [1.807, 2.05) is 0 Å². The highest BCUT2D eigenvalue weighted by Crippen LogP contribution is 2.39. The number of alkyl halides is 7. The van der Waals surface area contributed by atoms with Gasteiger partial charge in [-0.25, -0.2) is 8.78 Å². The number of ether oxygens (including phenoxy) is 1. The largest absolute Gasteiger partial charge is 0.434 e. The molecule has 0 aliphatic heterocycles. The highest BCUT2D eigenvalue weighted by atomic mass is 19.4. The molecule has 0 heterocycles. The van der Waals surface area contributed by atoms with Crippen LogP contribution in [0.2, 0.25) is 0 Å². The fraction of sp³-hybridized carbons (Fsp3) is 0.364. The first-order chi connectivity index (χ1) is 9.04. The summed E-state index contributed by atoms with van der Waals surface area (Å²) < 4.78 is 90.9. The molecule has 1 aromatic carbocycles. The van der Waals surface area contributed by atoms with Crippen molar-refractivity contribution in [2.45, 2.75) is 26.1 Å². The maximum Gasteiger partial charge on any atom is 0.416 e. The van der Waals surface area contributed by atoms with E-state index in [1.54, 1.807) is 0 Å². The lowest BCUT2D eigenvalue weighted by Crippen LogP contribution is -2.13. The number of Topliss-reactive ketones (excluding diaryl/α,β-unsaturated/α-hetero) is 1. The van der Waals surface area contributed by atoms with E-state index in [9.17, 15) is 35.5 Å². The Labute approximate surface area is 108 Å². The van der Waals surface area contributed by atoms with Crippen molar-refractivity contribution >= 4 is 5.78 Å². The zero-order valence-electron chi connectivity index (χ0n) is 9.77. The SMILES string of the molecule is CC(=O)c1c(OC(F)F)cc(C(F)(F)F)cc1C(F)F. The van der Waals surface area contributed by atoms with Gasteiger partial charge in [-0.2, -0.15) is 22.0 Å². The minimum atomic E-state index is -5.04. The minimum Gasteiger partial charge on any atom is -0.434 e. The number of rotatable bonds is 4. The molecule has 9 heteroatoms. The van der Waals surface area contributed by atoms with Crippen molar-refractivity contribution in [2.75, 3.05) is 0 Å². The molecule has 112 valence electrons. The summed E-state index contributed by atoms with van der Waals surface area (Å²) in [5.41, 5.74) is -3.90. The van der Waals surface area contributed by atoms with Crippen LogP contribution in [0.3, 0.4) is 0 Å². The number of hydrogen-bond acceptors (Lipinski definition) is 2. The third kappa shape index (κ3) is 3.61. The molecule has 0 saturated carbocycles. The van der Waals surface area contributed by atoms with E-state index < -0.39 is 47.4 Å². The van der Waals surface area contributed by atoms with Crippen LogP contribution < -0.4 is 4.74 Å². The summed E-state index contributed by atoms with van der Waals surface area (Å²) in [6.07, 6.45) is -8.49. The number of hydrogen-bond donors (Lipinski definition) is 0. The highest BCUT2D eigenvalue weighted by Gasteiger charge is 2.35. The van der Waals surface area contributed by atoms with Gasteiger partial charge < -0.3 is 4.74 Å². The zero-order valence-corrected chi connectivity index (χ0v) is 9.77. The third-order valence-electron chi connectivity index (χ3n) is 2.26. The van der Waals surface area contributed by atoms with Gasteiger partial charge in [-0.1, -0.05) is 0 Å². The first-order valence-electron chi connectivity index (χ1n) is 5.03. The Balaban J connectivity index is 3.59. The molecule has 0 spiro atoms. The van der Waals surface area contributed by atoms with Gasteiger partial charge in [-0.05, 0) is 19.1 Å². The van der Waals surface area contributed by atoms with Crippen LogP contribution in [0.4, 0.5) is 30.7 Å². The molecular formula is C11H7F7O2. The molecule has 0 amide bonds. The van der Waals surface area contributed by atoms with Crippen LogP contribution >= 0.6 is 0 Å². The van der Waals surface area contributed by atoms with Crippen molar-refractivity contribution in [3.8, 4) is 5.75 Å². The Kier molecular flexibility index (Phi) is 4.61. The molecule has 0 aliphatic rings. The maximum absolute atomic E-state index is 12.7. The number of carbonyl (C=O) groups excluding carboxylic acids is 1.